The van der Waals surface area contributed by atoms with Crippen molar-refractivity contribution in [2.75, 3.05) is 6.54 Å². The highest BCUT2D eigenvalue weighted by Crippen LogP contribution is 2.09. The van der Waals surface area contributed by atoms with Crippen LogP contribution in [-0.4, -0.2) is 28.6 Å². The first-order valence-corrected chi connectivity index (χ1v) is 5.28. The summed E-state index contributed by atoms with van der Waals surface area (Å²) in [5.41, 5.74) is 0.435. The molecule has 0 radical (unpaired) electrons. The van der Waals surface area contributed by atoms with Gasteiger partial charge in [0.25, 0.3) is 5.91 Å². The van der Waals surface area contributed by atoms with Crippen molar-refractivity contribution in [3.8, 4) is 5.75 Å². The fraction of sp³-hybridized carbons (Fsp3) is 0.333. The molecule has 0 heterocycles. The van der Waals surface area contributed by atoms with E-state index in [1.54, 1.807) is 6.92 Å². The predicted octanol–water partition coefficient (Wildman–Crippen LogP) is 1.23. The maximum Gasteiger partial charge on any atom is 0.303 e. The van der Waals surface area contributed by atoms with E-state index in [9.17, 15) is 9.59 Å². The number of phenols is 1. The van der Waals surface area contributed by atoms with Crippen molar-refractivity contribution in [1.82, 2.24) is 5.32 Å². The van der Waals surface area contributed by atoms with Gasteiger partial charge in [-0.05, 0) is 30.2 Å². The monoisotopic (exact) mass is 237 g/mol. The lowest BCUT2D eigenvalue weighted by molar-refractivity contribution is -0.137. The SMILES string of the molecule is CC(CNC(=O)c1ccc(O)cc1)CC(=O)O. The van der Waals surface area contributed by atoms with Crippen molar-refractivity contribution in [3.05, 3.63) is 29.8 Å². The molecule has 0 aromatic heterocycles. The second-order valence-electron chi connectivity index (χ2n) is 3.96. The maximum absolute atomic E-state index is 11.6. The molecule has 0 fully saturated rings. The normalized spacial score (nSPS) is 11.8. The van der Waals surface area contributed by atoms with E-state index in [1.165, 1.54) is 24.3 Å². The van der Waals surface area contributed by atoms with Gasteiger partial charge in [0.1, 0.15) is 5.75 Å². The third-order valence-electron chi connectivity index (χ3n) is 2.26. The van der Waals surface area contributed by atoms with Crippen molar-refractivity contribution in [1.29, 1.82) is 0 Å². The summed E-state index contributed by atoms with van der Waals surface area (Å²) in [6.45, 7) is 2.07. The van der Waals surface area contributed by atoms with Crippen LogP contribution in [0.15, 0.2) is 24.3 Å². The lowest BCUT2D eigenvalue weighted by Gasteiger charge is -2.10. The van der Waals surface area contributed by atoms with Gasteiger partial charge >= 0.3 is 5.97 Å². The summed E-state index contributed by atoms with van der Waals surface area (Å²) in [6.07, 6.45) is 0.0237. The second-order valence-corrected chi connectivity index (χ2v) is 3.96. The number of carboxylic acids is 1. The van der Waals surface area contributed by atoms with Gasteiger partial charge in [-0.2, -0.15) is 0 Å². The Bertz CT molecular complexity index is 399. The first kappa shape index (κ1) is 13.0. The van der Waals surface area contributed by atoms with E-state index >= 15 is 0 Å². The molecule has 1 atom stereocenters. The van der Waals surface area contributed by atoms with E-state index < -0.39 is 5.97 Å². The first-order chi connectivity index (χ1) is 7.99. The van der Waals surface area contributed by atoms with Gasteiger partial charge < -0.3 is 15.5 Å². The molecule has 92 valence electrons. The third-order valence-corrected chi connectivity index (χ3v) is 2.26. The number of aromatic hydroxyl groups is 1. The Morgan fingerprint density at radius 3 is 2.41 bits per heavy atom. The Morgan fingerprint density at radius 2 is 1.88 bits per heavy atom. The number of benzene rings is 1. The number of amides is 1. The molecule has 0 aliphatic rings. The average molecular weight is 237 g/mol. The number of hydrogen-bond acceptors (Lipinski definition) is 3. The number of phenolic OH excluding ortho intramolecular Hbond substituents is 1. The smallest absolute Gasteiger partial charge is 0.303 e. The van der Waals surface area contributed by atoms with E-state index in [0.717, 1.165) is 0 Å². The van der Waals surface area contributed by atoms with Gasteiger partial charge in [0.15, 0.2) is 0 Å². The van der Waals surface area contributed by atoms with Gasteiger partial charge in [-0.25, -0.2) is 0 Å². The van der Waals surface area contributed by atoms with Crippen LogP contribution in [0.2, 0.25) is 0 Å². The van der Waals surface area contributed by atoms with Crippen LogP contribution in [-0.2, 0) is 4.79 Å². The van der Waals surface area contributed by atoms with Crippen LogP contribution in [0.3, 0.4) is 0 Å². The van der Waals surface area contributed by atoms with Crippen molar-refractivity contribution in [2.45, 2.75) is 13.3 Å². The Hall–Kier alpha value is -2.04. The molecule has 1 amide bonds. The molecule has 5 heteroatoms. The Labute approximate surface area is 99.1 Å². The van der Waals surface area contributed by atoms with Gasteiger partial charge in [-0.15, -0.1) is 0 Å². The number of nitrogens with one attached hydrogen (secondary N) is 1. The van der Waals surface area contributed by atoms with E-state index in [2.05, 4.69) is 5.32 Å². The molecule has 5 nitrogen and oxygen atoms in total. The van der Waals surface area contributed by atoms with Crippen LogP contribution < -0.4 is 5.32 Å². The zero-order valence-electron chi connectivity index (χ0n) is 9.51. The average Bonchev–Trinajstić information content (AvgIpc) is 2.26. The van der Waals surface area contributed by atoms with E-state index in [0.29, 0.717) is 12.1 Å². The fourth-order valence-electron chi connectivity index (χ4n) is 1.35. The number of rotatable bonds is 5. The molecular formula is C12H15NO4. The predicted molar refractivity (Wildman–Crippen MR) is 61.9 cm³/mol. The van der Waals surface area contributed by atoms with Crippen LogP contribution in [0, 0.1) is 5.92 Å². The van der Waals surface area contributed by atoms with E-state index in [-0.39, 0.29) is 24.0 Å². The number of carbonyl (C=O) groups is 2. The highest BCUT2D eigenvalue weighted by molar-refractivity contribution is 5.94. The summed E-state index contributed by atoms with van der Waals surface area (Å²) in [7, 11) is 0. The van der Waals surface area contributed by atoms with Crippen molar-refractivity contribution in [3.63, 3.8) is 0 Å². The van der Waals surface area contributed by atoms with Gasteiger partial charge in [-0.1, -0.05) is 6.92 Å². The molecule has 0 aliphatic heterocycles. The minimum Gasteiger partial charge on any atom is -0.508 e. The summed E-state index contributed by atoms with van der Waals surface area (Å²) in [5, 5.41) is 20.3. The summed E-state index contributed by atoms with van der Waals surface area (Å²) >= 11 is 0. The topological polar surface area (TPSA) is 86.6 Å². The van der Waals surface area contributed by atoms with Crippen molar-refractivity contribution < 1.29 is 19.8 Å². The quantitative estimate of drug-likeness (QED) is 0.719. The standard InChI is InChI=1S/C12H15NO4/c1-8(6-11(15)16)7-13-12(17)9-2-4-10(14)5-3-9/h2-5,8,14H,6-7H2,1H3,(H,13,17)(H,15,16). The summed E-state index contributed by atoms with van der Waals surface area (Å²) in [6, 6.07) is 5.87. The van der Waals surface area contributed by atoms with Crippen molar-refractivity contribution >= 4 is 11.9 Å². The Morgan fingerprint density at radius 1 is 1.29 bits per heavy atom. The first-order valence-electron chi connectivity index (χ1n) is 5.28. The Kier molecular flexibility index (Phi) is 4.51. The molecule has 0 bridgehead atoms. The lowest BCUT2D eigenvalue weighted by Crippen LogP contribution is -2.29. The molecule has 0 saturated heterocycles. The second kappa shape index (κ2) is 5.89. The van der Waals surface area contributed by atoms with Gasteiger partial charge in [-0.3, -0.25) is 9.59 Å². The highest BCUT2D eigenvalue weighted by Gasteiger charge is 2.10. The molecule has 1 rings (SSSR count). The minimum atomic E-state index is -0.878. The van der Waals surface area contributed by atoms with Crippen LogP contribution in [0.5, 0.6) is 5.75 Å². The molecule has 1 aromatic rings. The van der Waals surface area contributed by atoms with Crippen LogP contribution in [0.4, 0.5) is 0 Å². The number of aliphatic carboxylic acids is 1. The summed E-state index contributed by atoms with van der Waals surface area (Å²) in [4.78, 5) is 22.0. The van der Waals surface area contributed by atoms with Crippen LogP contribution in [0.25, 0.3) is 0 Å². The summed E-state index contributed by atoms with van der Waals surface area (Å²) in [5.74, 6) is -1.17. The van der Waals surface area contributed by atoms with E-state index in [4.69, 9.17) is 10.2 Å². The zero-order chi connectivity index (χ0) is 12.8. The molecule has 1 aromatic carbocycles. The maximum atomic E-state index is 11.6. The third kappa shape index (κ3) is 4.55. The van der Waals surface area contributed by atoms with Crippen molar-refractivity contribution in [2.24, 2.45) is 5.92 Å². The Balaban J connectivity index is 2.44. The van der Waals surface area contributed by atoms with Gasteiger partial charge in [0.05, 0.1) is 0 Å². The highest BCUT2D eigenvalue weighted by atomic mass is 16.4. The number of carboxylic acid groups (broad SMARTS) is 1. The fourth-order valence-corrected chi connectivity index (χ4v) is 1.35. The molecule has 17 heavy (non-hydrogen) atoms. The number of carbonyl (C=O) groups excluding carboxylic acids is 1. The van der Waals surface area contributed by atoms with Gasteiger partial charge in [0.2, 0.25) is 0 Å². The molecular weight excluding hydrogens is 222 g/mol. The van der Waals surface area contributed by atoms with E-state index in [1.807, 2.05) is 0 Å². The molecule has 0 saturated carbocycles. The molecule has 0 spiro atoms. The van der Waals surface area contributed by atoms with Gasteiger partial charge in [0, 0.05) is 18.5 Å². The number of hydrogen-bond donors (Lipinski definition) is 3. The van der Waals surface area contributed by atoms with Crippen LogP contribution >= 0.6 is 0 Å². The minimum absolute atomic E-state index is 0.0237. The lowest BCUT2D eigenvalue weighted by atomic mass is 10.1. The largest absolute Gasteiger partial charge is 0.508 e. The van der Waals surface area contributed by atoms with Crippen LogP contribution in [0.1, 0.15) is 23.7 Å². The zero-order valence-corrected chi connectivity index (χ0v) is 9.51. The molecule has 3 N–H and O–H groups in total. The summed E-state index contributed by atoms with van der Waals surface area (Å²) < 4.78 is 0. The molecule has 1 unspecified atom stereocenters. The molecule has 0 aliphatic carbocycles.